The van der Waals surface area contributed by atoms with E-state index in [0.717, 1.165) is 32.0 Å². The fourth-order valence-corrected chi connectivity index (χ4v) is 2.27. The van der Waals surface area contributed by atoms with Gasteiger partial charge in [0.1, 0.15) is 11.6 Å². The van der Waals surface area contributed by atoms with E-state index in [9.17, 15) is 8.78 Å². The van der Waals surface area contributed by atoms with Gasteiger partial charge in [0.05, 0.1) is 0 Å². The first-order valence-corrected chi connectivity index (χ1v) is 6.02. The summed E-state index contributed by atoms with van der Waals surface area (Å²) in [4.78, 5) is 2.21. The lowest BCUT2D eigenvalue weighted by atomic mass is 10.0. The molecule has 1 saturated heterocycles. The standard InChI is InChI=1S/C13H18F2N2/c1-16-12-4-6-17(7-5-12)9-10-2-3-11(14)8-13(10)15/h2-3,8,12,16H,4-7,9H2,1H3. The third kappa shape index (κ3) is 3.23. The van der Waals surface area contributed by atoms with Crippen molar-refractivity contribution < 1.29 is 8.78 Å². The van der Waals surface area contributed by atoms with Crippen molar-refractivity contribution in [3.05, 3.63) is 35.4 Å². The van der Waals surface area contributed by atoms with Crippen molar-refractivity contribution in [3.8, 4) is 0 Å². The lowest BCUT2D eigenvalue weighted by Crippen LogP contribution is -2.40. The van der Waals surface area contributed by atoms with Gasteiger partial charge in [-0.3, -0.25) is 4.90 Å². The summed E-state index contributed by atoms with van der Waals surface area (Å²) in [6, 6.07) is 4.38. The van der Waals surface area contributed by atoms with E-state index in [-0.39, 0.29) is 0 Å². The maximum Gasteiger partial charge on any atom is 0.130 e. The molecule has 1 aromatic rings. The Morgan fingerprint density at radius 1 is 1.29 bits per heavy atom. The SMILES string of the molecule is CNC1CCN(Cc2ccc(F)cc2F)CC1. The van der Waals surface area contributed by atoms with Gasteiger partial charge in [-0.2, -0.15) is 0 Å². The highest BCUT2D eigenvalue weighted by Gasteiger charge is 2.18. The van der Waals surface area contributed by atoms with Crippen LogP contribution in [0.3, 0.4) is 0 Å². The minimum absolute atomic E-state index is 0.444. The van der Waals surface area contributed by atoms with Crippen LogP contribution in [0.15, 0.2) is 18.2 Å². The smallest absolute Gasteiger partial charge is 0.130 e. The lowest BCUT2D eigenvalue weighted by molar-refractivity contribution is 0.192. The minimum atomic E-state index is -0.514. The molecule has 2 nitrogen and oxygen atoms in total. The molecule has 0 aromatic heterocycles. The van der Waals surface area contributed by atoms with Gasteiger partial charge in [-0.15, -0.1) is 0 Å². The molecule has 1 aromatic carbocycles. The minimum Gasteiger partial charge on any atom is -0.317 e. The van der Waals surface area contributed by atoms with Gasteiger partial charge in [0, 0.05) is 24.2 Å². The van der Waals surface area contributed by atoms with Crippen LogP contribution < -0.4 is 5.32 Å². The molecule has 0 unspecified atom stereocenters. The van der Waals surface area contributed by atoms with Crippen molar-refractivity contribution in [2.24, 2.45) is 0 Å². The van der Waals surface area contributed by atoms with E-state index in [0.29, 0.717) is 18.2 Å². The van der Waals surface area contributed by atoms with Gasteiger partial charge in [0.2, 0.25) is 0 Å². The van der Waals surface area contributed by atoms with Gasteiger partial charge < -0.3 is 5.32 Å². The lowest BCUT2D eigenvalue weighted by Gasteiger charge is -2.31. The molecule has 4 heteroatoms. The zero-order valence-electron chi connectivity index (χ0n) is 10.0. The van der Waals surface area contributed by atoms with Gasteiger partial charge in [-0.05, 0) is 39.0 Å². The number of nitrogens with one attached hydrogen (secondary N) is 1. The highest BCUT2D eigenvalue weighted by molar-refractivity contribution is 5.18. The highest BCUT2D eigenvalue weighted by Crippen LogP contribution is 2.16. The zero-order valence-corrected chi connectivity index (χ0v) is 10.0. The quantitative estimate of drug-likeness (QED) is 0.871. The van der Waals surface area contributed by atoms with Crippen LogP contribution in [0.1, 0.15) is 18.4 Å². The molecule has 1 fully saturated rings. The van der Waals surface area contributed by atoms with Gasteiger partial charge in [-0.1, -0.05) is 6.07 Å². The molecule has 0 atom stereocenters. The zero-order chi connectivity index (χ0) is 12.3. The maximum absolute atomic E-state index is 13.5. The van der Waals surface area contributed by atoms with Gasteiger partial charge >= 0.3 is 0 Å². The second kappa shape index (κ2) is 5.56. The van der Waals surface area contributed by atoms with Crippen molar-refractivity contribution in [1.29, 1.82) is 0 Å². The molecule has 1 N–H and O–H groups in total. The van der Waals surface area contributed by atoms with E-state index in [1.165, 1.54) is 12.1 Å². The first kappa shape index (κ1) is 12.5. The number of piperidine rings is 1. The maximum atomic E-state index is 13.5. The number of rotatable bonds is 3. The topological polar surface area (TPSA) is 15.3 Å². The van der Waals surface area contributed by atoms with E-state index in [4.69, 9.17) is 0 Å². The summed E-state index contributed by atoms with van der Waals surface area (Å²) < 4.78 is 26.2. The summed E-state index contributed by atoms with van der Waals surface area (Å²) in [7, 11) is 1.97. The fraction of sp³-hybridized carbons (Fsp3) is 0.538. The summed E-state index contributed by atoms with van der Waals surface area (Å²) in [6.07, 6.45) is 2.17. The molecule has 0 amide bonds. The first-order valence-electron chi connectivity index (χ1n) is 6.02. The highest BCUT2D eigenvalue weighted by atomic mass is 19.1. The van der Waals surface area contributed by atoms with E-state index in [2.05, 4.69) is 10.2 Å². The molecule has 0 saturated carbocycles. The fourth-order valence-electron chi connectivity index (χ4n) is 2.27. The average molecular weight is 240 g/mol. The van der Waals surface area contributed by atoms with Crippen LogP contribution in [0.2, 0.25) is 0 Å². The molecular formula is C13H18F2N2. The Hall–Kier alpha value is -1.00. The van der Waals surface area contributed by atoms with Crippen molar-refractivity contribution in [3.63, 3.8) is 0 Å². The second-order valence-electron chi connectivity index (χ2n) is 4.57. The molecule has 0 spiro atoms. The summed E-state index contributed by atoms with van der Waals surface area (Å²) >= 11 is 0. The third-order valence-corrected chi connectivity index (χ3v) is 3.40. The molecule has 0 radical (unpaired) electrons. The van der Waals surface area contributed by atoms with Gasteiger partial charge in [0.15, 0.2) is 0 Å². The Bertz CT molecular complexity index is 374. The monoisotopic (exact) mass is 240 g/mol. The van der Waals surface area contributed by atoms with Crippen LogP contribution in [-0.4, -0.2) is 31.1 Å². The number of hydrogen-bond acceptors (Lipinski definition) is 2. The first-order chi connectivity index (χ1) is 8.19. The average Bonchev–Trinajstić information content (AvgIpc) is 2.34. The number of benzene rings is 1. The molecule has 1 aliphatic heterocycles. The Morgan fingerprint density at radius 3 is 2.59 bits per heavy atom. The van der Waals surface area contributed by atoms with E-state index >= 15 is 0 Å². The molecule has 0 aliphatic carbocycles. The molecule has 2 rings (SSSR count). The van der Waals surface area contributed by atoms with Crippen molar-refractivity contribution in [1.82, 2.24) is 10.2 Å². The molecule has 17 heavy (non-hydrogen) atoms. The molecule has 1 heterocycles. The predicted octanol–water partition coefficient (Wildman–Crippen LogP) is 2.15. The van der Waals surface area contributed by atoms with Crippen LogP contribution in [0, 0.1) is 11.6 Å². The molecular weight excluding hydrogens is 222 g/mol. The largest absolute Gasteiger partial charge is 0.317 e. The number of halogens is 2. The number of likely N-dealkylation sites (tertiary alicyclic amines) is 1. The number of nitrogens with zero attached hydrogens (tertiary/aromatic N) is 1. The molecule has 0 bridgehead atoms. The number of hydrogen-bond donors (Lipinski definition) is 1. The van der Waals surface area contributed by atoms with E-state index < -0.39 is 11.6 Å². The summed E-state index contributed by atoms with van der Waals surface area (Å²) in [6.45, 7) is 2.49. The summed E-state index contributed by atoms with van der Waals surface area (Å²) in [5, 5.41) is 3.26. The Labute approximate surface area is 101 Å². The van der Waals surface area contributed by atoms with Crippen LogP contribution >= 0.6 is 0 Å². The van der Waals surface area contributed by atoms with Crippen molar-refractivity contribution in [2.45, 2.75) is 25.4 Å². The third-order valence-electron chi connectivity index (χ3n) is 3.40. The summed E-state index contributed by atoms with van der Waals surface area (Å²) in [5.74, 6) is -0.958. The normalized spacial score (nSPS) is 18.5. The van der Waals surface area contributed by atoms with Crippen molar-refractivity contribution >= 4 is 0 Å². The Morgan fingerprint density at radius 2 is 2.00 bits per heavy atom. The van der Waals surface area contributed by atoms with Crippen LogP contribution in [0.4, 0.5) is 8.78 Å². The molecule has 1 aliphatic rings. The van der Waals surface area contributed by atoms with Gasteiger partial charge in [0.25, 0.3) is 0 Å². The van der Waals surface area contributed by atoms with Crippen molar-refractivity contribution in [2.75, 3.05) is 20.1 Å². The van der Waals surface area contributed by atoms with Crippen LogP contribution in [-0.2, 0) is 6.54 Å². The Balaban J connectivity index is 1.93. The van der Waals surface area contributed by atoms with Crippen LogP contribution in [0.5, 0.6) is 0 Å². The Kier molecular flexibility index (Phi) is 4.07. The summed E-state index contributed by atoms with van der Waals surface area (Å²) in [5.41, 5.74) is 0.578. The van der Waals surface area contributed by atoms with Crippen LogP contribution in [0.25, 0.3) is 0 Å². The van der Waals surface area contributed by atoms with E-state index in [1.54, 1.807) is 0 Å². The second-order valence-corrected chi connectivity index (χ2v) is 4.57. The van der Waals surface area contributed by atoms with E-state index in [1.807, 2.05) is 7.05 Å². The van der Waals surface area contributed by atoms with Gasteiger partial charge in [-0.25, -0.2) is 8.78 Å². The predicted molar refractivity (Wildman–Crippen MR) is 63.7 cm³/mol. The molecule has 94 valence electrons.